The minimum absolute atomic E-state index is 0.0204. The minimum atomic E-state index is -1.44. The second-order valence-electron chi connectivity index (χ2n) is 5.37. The number of rotatable bonds is 4. The first-order valence-electron chi connectivity index (χ1n) is 7.38. The van der Waals surface area contributed by atoms with Gasteiger partial charge in [-0.1, -0.05) is 30.3 Å². The minimum Gasteiger partial charge on any atom is -0.477 e. The van der Waals surface area contributed by atoms with Crippen LogP contribution in [0.4, 0.5) is 4.39 Å². The van der Waals surface area contributed by atoms with E-state index in [4.69, 9.17) is 0 Å². The summed E-state index contributed by atoms with van der Waals surface area (Å²) in [5.41, 5.74) is -1.41. The Morgan fingerprint density at radius 1 is 1.04 bits per heavy atom. The zero-order chi connectivity index (χ0) is 18.0. The molecule has 25 heavy (non-hydrogen) atoms. The average Bonchev–Trinajstić information content (AvgIpc) is 2.57. The van der Waals surface area contributed by atoms with Crippen LogP contribution in [0.15, 0.2) is 64.2 Å². The predicted octanol–water partition coefficient (Wildman–Crippen LogP) is 1.95. The molecule has 0 saturated heterocycles. The molecule has 0 atom stereocenters. The van der Waals surface area contributed by atoms with Crippen LogP contribution in [0.1, 0.15) is 21.6 Å². The van der Waals surface area contributed by atoms with Gasteiger partial charge in [-0.2, -0.15) is 0 Å². The Morgan fingerprint density at radius 2 is 1.68 bits per heavy atom. The number of aromatic carboxylic acids is 1. The summed E-state index contributed by atoms with van der Waals surface area (Å²) in [4.78, 5) is 39.0. The Bertz CT molecular complexity index is 1040. The van der Waals surface area contributed by atoms with Crippen molar-refractivity contribution in [2.75, 3.05) is 0 Å². The molecular weight excluding hydrogens is 327 g/mol. The predicted molar refractivity (Wildman–Crippen MR) is 88.8 cm³/mol. The van der Waals surface area contributed by atoms with Gasteiger partial charge < -0.3 is 10.1 Å². The second kappa shape index (κ2) is 6.56. The van der Waals surface area contributed by atoms with E-state index in [1.54, 1.807) is 30.3 Å². The van der Waals surface area contributed by atoms with Crippen LogP contribution in [0.5, 0.6) is 0 Å². The number of aromatic amines is 1. The number of hydrogen-bond acceptors (Lipinski definition) is 3. The Balaban J connectivity index is 2.19. The SMILES string of the molecule is O=C(O)c1c(Cc2ccccc2)[nH]c(=O)n(-c2ccc(F)cc2)c1=O. The molecule has 0 spiro atoms. The molecule has 3 aromatic rings. The molecule has 0 amide bonds. The fraction of sp³-hybridized carbons (Fsp3) is 0.0556. The maximum absolute atomic E-state index is 13.0. The van der Waals surface area contributed by atoms with E-state index in [2.05, 4.69) is 4.98 Å². The second-order valence-corrected chi connectivity index (χ2v) is 5.37. The van der Waals surface area contributed by atoms with E-state index in [9.17, 15) is 23.9 Å². The van der Waals surface area contributed by atoms with Crippen molar-refractivity contribution in [1.82, 2.24) is 9.55 Å². The molecule has 0 bridgehead atoms. The summed E-state index contributed by atoms with van der Waals surface area (Å²) < 4.78 is 13.7. The molecule has 7 heteroatoms. The highest BCUT2D eigenvalue weighted by Gasteiger charge is 2.21. The molecule has 126 valence electrons. The van der Waals surface area contributed by atoms with Gasteiger partial charge in [0.15, 0.2) is 0 Å². The molecule has 1 heterocycles. The van der Waals surface area contributed by atoms with E-state index in [0.717, 1.165) is 17.7 Å². The number of carboxylic acids is 1. The highest BCUT2D eigenvalue weighted by Crippen LogP contribution is 2.10. The first-order chi connectivity index (χ1) is 12.0. The van der Waals surface area contributed by atoms with Gasteiger partial charge in [-0.25, -0.2) is 18.5 Å². The van der Waals surface area contributed by atoms with Crippen molar-refractivity contribution in [1.29, 1.82) is 0 Å². The molecule has 0 aliphatic carbocycles. The van der Waals surface area contributed by atoms with Crippen molar-refractivity contribution in [2.45, 2.75) is 6.42 Å². The quantitative estimate of drug-likeness (QED) is 0.759. The van der Waals surface area contributed by atoms with Gasteiger partial charge in [-0.05, 0) is 29.8 Å². The lowest BCUT2D eigenvalue weighted by molar-refractivity contribution is 0.0692. The van der Waals surface area contributed by atoms with Gasteiger partial charge in [-0.15, -0.1) is 0 Å². The molecule has 6 nitrogen and oxygen atoms in total. The van der Waals surface area contributed by atoms with Crippen LogP contribution in [0.3, 0.4) is 0 Å². The Hall–Kier alpha value is -3.48. The van der Waals surface area contributed by atoms with Gasteiger partial charge in [0.1, 0.15) is 11.4 Å². The Morgan fingerprint density at radius 3 is 2.28 bits per heavy atom. The zero-order valence-electron chi connectivity index (χ0n) is 12.9. The van der Waals surface area contributed by atoms with Crippen molar-refractivity contribution in [3.05, 3.63) is 98.1 Å². The Labute approximate surface area is 140 Å². The highest BCUT2D eigenvalue weighted by atomic mass is 19.1. The number of hydrogen-bond donors (Lipinski definition) is 2. The molecule has 0 fully saturated rings. The van der Waals surface area contributed by atoms with Gasteiger partial charge in [0.2, 0.25) is 0 Å². The molecular formula is C18H13FN2O4. The van der Waals surface area contributed by atoms with Crippen LogP contribution in [0.2, 0.25) is 0 Å². The zero-order valence-corrected chi connectivity index (χ0v) is 12.9. The molecule has 0 saturated carbocycles. The van der Waals surface area contributed by atoms with Gasteiger partial charge in [0, 0.05) is 12.1 Å². The molecule has 0 aliphatic rings. The molecule has 0 unspecified atom stereocenters. The Kier molecular flexibility index (Phi) is 4.30. The van der Waals surface area contributed by atoms with Crippen LogP contribution in [-0.2, 0) is 6.42 Å². The smallest absolute Gasteiger partial charge is 0.343 e. The third kappa shape index (κ3) is 3.25. The summed E-state index contributed by atoms with van der Waals surface area (Å²) in [7, 11) is 0. The van der Waals surface area contributed by atoms with Crippen LogP contribution in [-0.4, -0.2) is 20.6 Å². The van der Waals surface area contributed by atoms with Gasteiger partial charge in [-0.3, -0.25) is 4.79 Å². The maximum Gasteiger partial charge on any atom is 0.343 e. The van der Waals surface area contributed by atoms with E-state index >= 15 is 0 Å². The molecule has 0 aliphatic heterocycles. The van der Waals surface area contributed by atoms with Crippen LogP contribution >= 0.6 is 0 Å². The summed E-state index contributed by atoms with van der Waals surface area (Å²) in [6, 6.07) is 13.5. The van der Waals surface area contributed by atoms with E-state index in [0.29, 0.717) is 4.57 Å². The van der Waals surface area contributed by atoms with Crippen molar-refractivity contribution in [3.8, 4) is 5.69 Å². The first kappa shape index (κ1) is 16.4. The molecule has 3 rings (SSSR count). The summed E-state index contributed by atoms with van der Waals surface area (Å²) >= 11 is 0. The van der Waals surface area contributed by atoms with Gasteiger partial charge in [0.05, 0.1) is 5.69 Å². The first-order valence-corrected chi connectivity index (χ1v) is 7.38. The number of H-pyrrole nitrogens is 1. The van der Waals surface area contributed by atoms with Crippen LogP contribution < -0.4 is 11.2 Å². The summed E-state index contributed by atoms with van der Waals surface area (Å²) in [5, 5.41) is 9.44. The summed E-state index contributed by atoms with van der Waals surface area (Å²) in [5.74, 6) is -1.98. The number of carbonyl (C=O) groups is 1. The number of nitrogens with zero attached hydrogens (tertiary/aromatic N) is 1. The molecule has 1 aromatic heterocycles. The lowest BCUT2D eigenvalue weighted by atomic mass is 10.1. The van der Waals surface area contributed by atoms with Crippen molar-refractivity contribution < 1.29 is 14.3 Å². The van der Waals surface area contributed by atoms with E-state index < -0.39 is 28.6 Å². The monoisotopic (exact) mass is 340 g/mol. The van der Waals surface area contributed by atoms with Crippen molar-refractivity contribution in [2.24, 2.45) is 0 Å². The van der Waals surface area contributed by atoms with Gasteiger partial charge >= 0.3 is 11.7 Å². The number of aromatic nitrogens is 2. The number of halogens is 1. The standard InChI is InChI=1S/C18H13FN2O4/c19-12-6-8-13(9-7-12)21-16(22)15(17(23)24)14(20-18(21)25)10-11-4-2-1-3-5-11/h1-9H,10H2,(H,20,25)(H,23,24). The van der Waals surface area contributed by atoms with Crippen molar-refractivity contribution >= 4 is 5.97 Å². The highest BCUT2D eigenvalue weighted by molar-refractivity contribution is 5.88. The van der Waals surface area contributed by atoms with E-state index in [1.807, 2.05) is 0 Å². The fourth-order valence-corrected chi connectivity index (χ4v) is 2.56. The third-order valence-corrected chi connectivity index (χ3v) is 3.70. The summed E-state index contributed by atoms with van der Waals surface area (Å²) in [6.07, 6.45) is 0.0945. The summed E-state index contributed by atoms with van der Waals surface area (Å²) in [6.45, 7) is 0. The third-order valence-electron chi connectivity index (χ3n) is 3.70. The maximum atomic E-state index is 13.0. The average molecular weight is 340 g/mol. The van der Waals surface area contributed by atoms with E-state index in [-0.39, 0.29) is 17.8 Å². The van der Waals surface area contributed by atoms with Crippen molar-refractivity contribution in [3.63, 3.8) is 0 Å². The number of benzene rings is 2. The topological polar surface area (TPSA) is 92.2 Å². The van der Waals surface area contributed by atoms with Gasteiger partial charge in [0.25, 0.3) is 5.56 Å². The normalized spacial score (nSPS) is 10.6. The molecule has 0 radical (unpaired) electrons. The molecule has 2 aromatic carbocycles. The fourth-order valence-electron chi connectivity index (χ4n) is 2.56. The van der Waals surface area contributed by atoms with Crippen LogP contribution in [0, 0.1) is 5.82 Å². The van der Waals surface area contributed by atoms with Crippen LogP contribution in [0.25, 0.3) is 5.69 Å². The molecule has 2 N–H and O–H groups in total. The lowest BCUT2D eigenvalue weighted by Gasteiger charge is -2.10. The lowest BCUT2D eigenvalue weighted by Crippen LogP contribution is -2.39. The number of carboxylic acid groups (broad SMARTS) is 1. The largest absolute Gasteiger partial charge is 0.477 e. The van der Waals surface area contributed by atoms with E-state index in [1.165, 1.54) is 12.1 Å². The number of nitrogens with one attached hydrogen (secondary N) is 1.